The van der Waals surface area contributed by atoms with Gasteiger partial charge in [-0.3, -0.25) is 4.79 Å². The lowest BCUT2D eigenvalue weighted by Gasteiger charge is -2.26. The maximum atomic E-state index is 11.8. The number of hydrogen-bond donors (Lipinski definition) is 2. The Labute approximate surface area is 115 Å². The molecular weight excluding hydrogens is 242 g/mol. The normalized spacial score (nSPS) is 29.1. The van der Waals surface area contributed by atoms with Gasteiger partial charge in [0.15, 0.2) is 0 Å². The van der Waals surface area contributed by atoms with Crippen molar-refractivity contribution in [2.45, 2.75) is 69.9 Å². The molecule has 19 heavy (non-hydrogen) atoms. The van der Waals surface area contributed by atoms with Crippen LogP contribution in [0.4, 0.5) is 0 Å². The van der Waals surface area contributed by atoms with E-state index < -0.39 is 0 Å². The molecule has 0 aromatic rings. The van der Waals surface area contributed by atoms with Crippen molar-refractivity contribution < 1.29 is 14.6 Å². The molecule has 110 valence electrons. The van der Waals surface area contributed by atoms with Crippen LogP contribution in [-0.4, -0.2) is 36.4 Å². The molecule has 2 N–H and O–H groups in total. The summed E-state index contributed by atoms with van der Waals surface area (Å²) in [6.45, 7) is 1.78. The van der Waals surface area contributed by atoms with Crippen molar-refractivity contribution in [2.75, 3.05) is 13.2 Å². The van der Waals surface area contributed by atoms with Gasteiger partial charge < -0.3 is 15.2 Å². The first-order valence-corrected chi connectivity index (χ1v) is 7.79. The lowest BCUT2D eigenvalue weighted by atomic mass is 9.92. The van der Waals surface area contributed by atoms with Crippen molar-refractivity contribution in [3.8, 4) is 0 Å². The number of ether oxygens (including phenoxy) is 1. The third-order valence-corrected chi connectivity index (χ3v) is 4.42. The van der Waals surface area contributed by atoms with Crippen LogP contribution < -0.4 is 5.32 Å². The summed E-state index contributed by atoms with van der Waals surface area (Å²) in [6, 6.07) is 0.291. The fraction of sp³-hybridized carbons (Fsp3) is 0.933. The van der Waals surface area contributed by atoms with Crippen LogP contribution in [0.15, 0.2) is 0 Å². The van der Waals surface area contributed by atoms with Gasteiger partial charge in [-0.1, -0.05) is 0 Å². The van der Waals surface area contributed by atoms with Gasteiger partial charge in [0.05, 0.1) is 6.10 Å². The second-order valence-corrected chi connectivity index (χ2v) is 6.02. The summed E-state index contributed by atoms with van der Waals surface area (Å²) in [5, 5.41) is 12.5. The predicted octanol–water partition coefficient (Wildman–Crippen LogP) is 2.00. The fourth-order valence-electron chi connectivity index (χ4n) is 3.11. The van der Waals surface area contributed by atoms with E-state index >= 15 is 0 Å². The summed E-state index contributed by atoms with van der Waals surface area (Å²) >= 11 is 0. The summed E-state index contributed by atoms with van der Waals surface area (Å²) in [6.07, 6.45) is 8.45. The number of hydrogen-bond acceptors (Lipinski definition) is 3. The third-order valence-electron chi connectivity index (χ3n) is 4.42. The molecule has 0 spiro atoms. The van der Waals surface area contributed by atoms with Crippen LogP contribution in [0.25, 0.3) is 0 Å². The average Bonchev–Trinajstić information content (AvgIpc) is 2.43. The Bertz CT molecular complexity index is 269. The summed E-state index contributed by atoms with van der Waals surface area (Å²) in [5.41, 5.74) is 0. The minimum Gasteiger partial charge on any atom is -0.393 e. The molecule has 1 amide bonds. The Morgan fingerprint density at radius 1 is 1.11 bits per heavy atom. The highest BCUT2D eigenvalue weighted by molar-refractivity contribution is 5.76. The molecule has 0 unspecified atom stereocenters. The molecule has 1 saturated carbocycles. The van der Waals surface area contributed by atoms with Crippen LogP contribution in [0.5, 0.6) is 0 Å². The first-order valence-electron chi connectivity index (χ1n) is 7.79. The number of carbonyl (C=O) groups excluding carboxylic acids is 1. The van der Waals surface area contributed by atoms with Crippen molar-refractivity contribution in [2.24, 2.45) is 5.92 Å². The second-order valence-electron chi connectivity index (χ2n) is 6.02. The van der Waals surface area contributed by atoms with E-state index in [-0.39, 0.29) is 12.0 Å². The second kappa shape index (κ2) is 7.85. The Kier molecular flexibility index (Phi) is 6.11. The van der Waals surface area contributed by atoms with Crippen molar-refractivity contribution in [3.63, 3.8) is 0 Å². The number of aliphatic hydroxyl groups is 1. The minimum absolute atomic E-state index is 0.151. The molecule has 0 bridgehead atoms. The Hall–Kier alpha value is -0.610. The molecule has 1 heterocycles. The van der Waals surface area contributed by atoms with Gasteiger partial charge in [0.25, 0.3) is 0 Å². The number of aliphatic hydroxyl groups excluding tert-OH is 1. The zero-order valence-electron chi connectivity index (χ0n) is 11.8. The molecule has 0 aromatic carbocycles. The molecule has 1 aliphatic carbocycles. The van der Waals surface area contributed by atoms with Gasteiger partial charge >= 0.3 is 0 Å². The van der Waals surface area contributed by atoms with Crippen LogP contribution in [0, 0.1) is 5.92 Å². The van der Waals surface area contributed by atoms with Gasteiger partial charge in [-0.2, -0.15) is 0 Å². The molecule has 0 atom stereocenters. The van der Waals surface area contributed by atoms with Gasteiger partial charge in [0.1, 0.15) is 0 Å². The lowest BCUT2D eigenvalue weighted by Crippen LogP contribution is -2.38. The molecular formula is C15H27NO3. The van der Waals surface area contributed by atoms with Crippen molar-refractivity contribution in [1.82, 2.24) is 5.32 Å². The van der Waals surface area contributed by atoms with E-state index in [2.05, 4.69) is 5.32 Å². The summed E-state index contributed by atoms with van der Waals surface area (Å²) in [5.74, 6) is 0.944. The van der Waals surface area contributed by atoms with Crippen LogP contribution in [0.1, 0.15) is 57.8 Å². The molecule has 1 saturated heterocycles. The third kappa shape index (κ3) is 5.49. The van der Waals surface area contributed by atoms with Gasteiger partial charge in [-0.05, 0) is 57.3 Å². The molecule has 0 aromatic heterocycles. The van der Waals surface area contributed by atoms with Crippen molar-refractivity contribution in [3.05, 3.63) is 0 Å². The van der Waals surface area contributed by atoms with Gasteiger partial charge in [0.2, 0.25) is 5.91 Å². The Balaban J connectivity index is 1.54. The summed E-state index contributed by atoms with van der Waals surface area (Å²) in [4.78, 5) is 11.8. The topological polar surface area (TPSA) is 58.6 Å². The Morgan fingerprint density at radius 2 is 1.79 bits per heavy atom. The molecule has 2 fully saturated rings. The molecule has 2 rings (SSSR count). The largest absolute Gasteiger partial charge is 0.393 e. The first kappa shape index (κ1) is 14.8. The van der Waals surface area contributed by atoms with E-state index in [0.717, 1.165) is 70.5 Å². The lowest BCUT2D eigenvalue weighted by molar-refractivity contribution is -0.122. The standard InChI is InChI=1S/C15H27NO3/c17-14-6-4-13(5-7-14)16-15(18)3-1-2-12-8-10-19-11-9-12/h12-14,17H,1-11H2,(H,16,18). The number of nitrogens with one attached hydrogen (secondary N) is 1. The molecule has 4 heteroatoms. The highest BCUT2D eigenvalue weighted by Crippen LogP contribution is 2.21. The smallest absolute Gasteiger partial charge is 0.220 e. The van der Waals surface area contributed by atoms with Gasteiger partial charge in [0, 0.05) is 25.7 Å². The minimum atomic E-state index is -0.151. The highest BCUT2D eigenvalue weighted by atomic mass is 16.5. The monoisotopic (exact) mass is 269 g/mol. The van der Waals surface area contributed by atoms with E-state index in [0.29, 0.717) is 12.5 Å². The molecule has 1 aliphatic heterocycles. The van der Waals surface area contributed by atoms with Crippen LogP contribution >= 0.6 is 0 Å². The number of rotatable bonds is 5. The molecule has 2 aliphatic rings. The van der Waals surface area contributed by atoms with Crippen LogP contribution in [0.2, 0.25) is 0 Å². The van der Waals surface area contributed by atoms with Gasteiger partial charge in [-0.25, -0.2) is 0 Å². The van der Waals surface area contributed by atoms with Crippen molar-refractivity contribution >= 4 is 5.91 Å². The van der Waals surface area contributed by atoms with Crippen LogP contribution in [0.3, 0.4) is 0 Å². The predicted molar refractivity (Wildman–Crippen MR) is 73.8 cm³/mol. The fourth-order valence-corrected chi connectivity index (χ4v) is 3.11. The van der Waals surface area contributed by atoms with E-state index in [1.807, 2.05) is 0 Å². The average molecular weight is 269 g/mol. The zero-order valence-corrected chi connectivity index (χ0v) is 11.8. The molecule has 0 radical (unpaired) electrons. The van der Waals surface area contributed by atoms with E-state index in [1.165, 1.54) is 0 Å². The Morgan fingerprint density at radius 3 is 2.47 bits per heavy atom. The summed E-state index contributed by atoms with van der Waals surface area (Å²) < 4.78 is 5.34. The molecule has 4 nitrogen and oxygen atoms in total. The number of carbonyl (C=O) groups is 1. The maximum Gasteiger partial charge on any atom is 0.220 e. The van der Waals surface area contributed by atoms with E-state index in [4.69, 9.17) is 4.74 Å². The maximum absolute atomic E-state index is 11.8. The highest BCUT2D eigenvalue weighted by Gasteiger charge is 2.20. The van der Waals surface area contributed by atoms with Gasteiger partial charge in [-0.15, -0.1) is 0 Å². The zero-order chi connectivity index (χ0) is 13.5. The van der Waals surface area contributed by atoms with Crippen molar-refractivity contribution in [1.29, 1.82) is 0 Å². The van der Waals surface area contributed by atoms with Crippen LogP contribution in [-0.2, 0) is 9.53 Å². The van der Waals surface area contributed by atoms with E-state index in [1.54, 1.807) is 0 Å². The first-order chi connectivity index (χ1) is 9.24. The quantitative estimate of drug-likeness (QED) is 0.802. The summed E-state index contributed by atoms with van der Waals surface area (Å²) in [7, 11) is 0. The SMILES string of the molecule is O=C(CCCC1CCOCC1)NC1CCC(O)CC1. The number of amides is 1. The van der Waals surface area contributed by atoms with E-state index in [9.17, 15) is 9.90 Å².